The molecule has 0 aromatic carbocycles. The number of ether oxygens (including phenoxy) is 3. The van der Waals surface area contributed by atoms with Crippen molar-refractivity contribution in [2.75, 3.05) is 19.8 Å². The Balaban J connectivity index is 4.48. The van der Waals surface area contributed by atoms with E-state index in [1.807, 2.05) is 20.8 Å². The van der Waals surface area contributed by atoms with Crippen molar-refractivity contribution >= 4 is 16.3 Å². The molecule has 0 saturated heterocycles. The predicted octanol–water partition coefficient (Wildman–Crippen LogP) is 0.0989. The molecule has 0 aliphatic carbocycles. The van der Waals surface area contributed by atoms with E-state index in [0.29, 0.717) is 36.5 Å². The number of rotatable bonds is 9. The molecule has 0 heterocycles. The average Bonchev–Trinajstić information content (AvgIpc) is 2.16. The van der Waals surface area contributed by atoms with Gasteiger partial charge < -0.3 is 19.3 Å². The third kappa shape index (κ3) is 7.32. The smallest absolute Gasteiger partial charge is 0.406 e. The van der Waals surface area contributed by atoms with Crippen LogP contribution in [-0.4, -0.2) is 52.9 Å². The lowest BCUT2D eigenvalue weighted by molar-refractivity contribution is -0.193. The molecule has 0 spiro atoms. The van der Waals surface area contributed by atoms with Crippen molar-refractivity contribution < 1.29 is 24.1 Å². The van der Waals surface area contributed by atoms with Gasteiger partial charge in [-0.25, -0.2) is 4.79 Å². The lowest BCUT2D eigenvalue weighted by Gasteiger charge is -2.32. The van der Waals surface area contributed by atoms with Gasteiger partial charge >= 0.3 is 6.09 Å². The first-order chi connectivity index (χ1) is 7.97. The van der Waals surface area contributed by atoms with Crippen LogP contribution in [0.1, 0.15) is 27.2 Å². The van der Waals surface area contributed by atoms with E-state index in [1.165, 1.54) is 0 Å². The average molecular weight is 265 g/mol. The van der Waals surface area contributed by atoms with Crippen LogP contribution < -0.4 is 5.32 Å². The highest BCUT2D eigenvalue weighted by Gasteiger charge is 2.30. The minimum atomic E-state index is -1.11. The number of nitrogens with one attached hydrogen (secondary N) is 1. The van der Waals surface area contributed by atoms with Gasteiger partial charge in [0.2, 0.25) is 0 Å². The largest absolute Gasteiger partial charge is 0.465 e. The molecule has 1 amide bonds. The van der Waals surface area contributed by atoms with E-state index in [2.05, 4.69) is 5.32 Å². The van der Waals surface area contributed by atoms with Crippen LogP contribution >= 0.6 is 0 Å². The van der Waals surface area contributed by atoms with Crippen LogP contribution in [0.2, 0.25) is 0 Å². The number of carbonyl (C=O) groups is 1. The highest BCUT2D eigenvalue weighted by molar-refractivity contribution is 6.13. The zero-order valence-corrected chi connectivity index (χ0v) is 13.0. The van der Waals surface area contributed by atoms with Gasteiger partial charge in [-0.2, -0.15) is 0 Å². The van der Waals surface area contributed by atoms with Crippen LogP contribution in [0.4, 0.5) is 4.79 Å². The molecule has 1 unspecified atom stereocenters. The van der Waals surface area contributed by atoms with E-state index in [4.69, 9.17) is 19.3 Å². The molecular formula is C10H23NO5Si. The summed E-state index contributed by atoms with van der Waals surface area (Å²) in [6.07, 6.45) is -1.35. The van der Waals surface area contributed by atoms with Gasteiger partial charge in [0.1, 0.15) is 11.6 Å². The topological polar surface area (TPSA) is 77.0 Å². The molecule has 0 saturated carbocycles. The Bertz CT molecular complexity index is 221. The maximum atomic E-state index is 10.6. The molecule has 0 aliphatic rings. The number of hydrogen-bond donors (Lipinski definition) is 2. The van der Waals surface area contributed by atoms with Crippen LogP contribution in [0, 0.1) is 0 Å². The lowest BCUT2D eigenvalue weighted by Crippen LogP contribution is -2.47. The molecule has 0 aromatic heterocycles. The van der Waals surface area contributed by atoms with E-state index in [9.17, 15) is 4.79 Å². The summed E-state index contributed by atoms with van der Waals surface area (Å²) in [6.45, 7) is 7.05. The van der Waals surface area contributed by atoms with Gasteiger partial charge in [-0.15, -0.1) is 0 Å². The van der Waals surface area contributed by atoms with Crippen LogP contribution in [-0.2, 0) is 14.2 Å². The molecule has 0 bridgehead atoms. The fourth-order valence-electron chi connectivity index (χ4n) is 1.60. The molecule has 102 valence electrons. The molecule has 0 rings (SSSR count). The van der Waals surface area contributed by atoms with Crippen molar-refractivity contribution in [2.24, 2.45) is 0 Å². The SMILES string of the molecule is CCOC(CC([SiH3])(OCC)OCC)NC(=O)O. The maximum absolute atomic E-state index is 10.6. The summed E-state index contributed by atoms with van der Waals surface area (Å²) < 4.78 is 16.4. The van der Waals surface area contributed by atoms with Gasteiger partial charge in [-0.3, -0.25) is 5.32 Å². The summed E-state index contributed by atoms with van der Waals surface area (Å²) in [7, 11) is 0.636. The zero-order chi connectivity index (χ0) is 13.3. The second kappa shape index (κ2) is 8.46. The van der Waals surface area contributed by atoms with Crippen molar-refractivity contribution in [3.8, 4) is 0 Å². The summed E-state index contributed by atoms with van der Waals surface area (Å²) >= 11 is 0. The van der Waals surface area contributed by atoms with Crippen LogP contribution in [0.5, 0.6) is 0 Å². The Kier molecular flexibility index (Phi) is 8.14. The monoisotopic (exact) mass is 265 g/mol. The van der Waals surface area contributed by atoms with Gasteiger partial charge in [-0.05, 0) is 20.8 Å². The van der Waals surface area contributed by atoms with Crippen LogP contribution in [0.15, 0.2) is 0 Å². The van der Waals surface area contributed by atoms with E-state index in [0.717, 1.165) is 0 Å². The molecule has 0 aliphatic heterocycles. The van der Waals surface area contributed by atoms with Gasteiger partial charge in [0.05, 0.1) is 10.2 Å². The highest BCUT2D eigenvalue weighted by Crippen LogP contribution is 2.17. The second-order valence-electron chi connectivity index (χ2n) is 3.60. The molecule has 1 atom stereocenters. The molecule has 6 nitrogen and oxygen atoms in total. The van der Waals surface area contributed by atoms with Gasteiger partial charge in [0.25, 0.3) is 0 Å². The Labute approximate surface area is 105 Å². The van der Waals surface area contributed by atoms with Crippen molar-refractivity contribution in [3.05, 3.63) is 0 Å². The fraction of sp³-hybridized carbons (Fsp3) is 0.900. The normalized spacial score (nSPS) is 13.6. The first-order valence-corrected chi connectivity index (χ1v) is 6.86. The molecule has 2 N–H and O–H groups in total. The molecule has 0 fully saturated rings. The van der Waals surface area contributed by atoms with E-state index in [-0.39, 0.29) is 0 Å². The maximum Gasteiger partial charge on any atom is 0.406 e. The summed E-state index contributed by atoms with van der Waals surface area (Å²) in [5.41, 5.74) is -0.703. The fourth-order valence-corrected chi connectivity index (χ4v) is 2.55. The van der Waals surface area contributed by atoms with Gasteiger partial charge in [0, 0.05) is 26.2 Å². The summed E-state index contributed by atoms with van der Waals surface area (Å²) in [5.74, 6) is 0. The van der Waals surface area contributed by atoms with Crippen molar-refractivity contribution in [1.82, 2.24) is 5.32 Å². The van der Waals surface area contributed by atoms with Gasteiger partial charge in [0.15, 0.2) is 0 Å². The summed E-state index contributed by atoms with van der Waals surface area (Å²) in [4.78, 5) is 10.6. The van der Waals surface area contributed by atoms with E-state index in [1.54, 1.807) is 0 Å². The predicted molar refractivity (Wildman–Crippen MR) is 67.1 cm³/mol. The quantitative estimate of drug-likeness (QED) is 0.457. The van der Waals surface area contributed by atoms with E-state index < -0.39 is 17.7 Å². The molecule has 17 heavy (non-hydrogen) atoms. The first-order valence-electron chi connectivity index (χ1n) is 5.86. The molecule has 0 radical (unpaired) electrons. The third-order valence-electron chi connectivity index (χ3n) is 2.11. The number of carboxylic acid groups (broad SMARTS) is 1. The minimum absolute atomic E-state index is 0.362. The first kappa shape index (κ1) is 16.4. The molecule has 7 heteroatoms. The standard InChI is InChI=1S/C10H23NO5Si/c1-4-14-8(11-9(12)13)7-10(17,15-5-2)16-6-3/h8,11H,4-7H2,1-3,17H3,(H,12,13). The summed E-state index contributed by atoms with van der Waals surface area (Å²) in [5, 5.41) is 11.0. The van der Waals surface area contributed by atoms with Crippen LogP contribution in [0.3, 0.4) is 0 Å². The van der Waals surface area contributed by atoms with Crippen molar-refractivity contribution in [1.29, 1.82) is 0 Å². The molecule has 0 aromatic rings. The van der Waals surface area contributed by atoms with Crippen LogP contribution in [0.25, 0.3) is 0 Å². The third-order valence-corrected chi connectivity index (χ3v) is 3.09. The van der Waals surface area contributed by atoms with E-state index >= 15 is 0 Å². The lowest BCUT2D eigenvalue weighted by atomic mass is 10.3. The Morgan fingerprint density at radius 1 is 1.29 bits per heavy atom. The summed E-state index contributed by atoms with van der Waals surface area (Å²) in [6, 6.07) is 0. The van der Waals surface area contributed by atoms with Gasteiger partial charge in [-0.1, -0.05) is 0 Å². The second-order valence-corrected chi connectivity index (χ2v) is 5.12. The molecular weight excluding hydrogens is 242 g/mol. The number of amides is 1. The highest BCUT2D eigenvalue weighted by atomic mass is 28.1. The Morgan fingerprint density at radius 3 is 2.18 bits per heavy atom. The van der Waals surface area contributed by atoms with Crippen molar-refractivity contribution in [2.45, 2.75) is 38.8 Å². The Morgan fingerprint density at radius 2 is 1.82 bits per heavy atom. The Hall–Kier alpha value is -0.633. The minimum Gasteiger partial charge on any atom is -0.465 e. The zero-order valence-electron chi connectivity index (χ0n) is 11.0. The van der Waals surface area contributed by atoms with Crippen molar-refractivity contribution in [3.63, 3.8) is 0 Å². The number of hydrogen-bond acceptors (Lipinski definition) is 4.